The molecule has 1 aliphatic rings. The molecule has 1 N–H and O–H groups in total. The molecular formula is C24H18Cl2N2O6S. The van der Waals surface area contributed by atoms with Crippen molar-refractivity contribution < 1.29 is 28.7 Å². The van der Waals surface area contributed by atoms with Crippen molar-refractivity contribution in [2.45, 2.75) is 13.5 Å². The van der Waals surface area contributed by atoms with Crippen molar-refractivity contribution in [1.29, 1.82) is 0 Å². The molecule has 35 heavy (non-hydrogen) atoms. The minimum Gasteiger partial charge on any atom is -0.482 e. The number of nitrogens with zero attached hydrogens (tertiary/aromatic N) is 1. The predicted octanol–water partition coefficient (Wildman–Crippen LogP) is 5.05. The van der Waals surface area contributed by atoms with E-state index in [1.165, 1.54) is 18.2 Å². The Morgan fingerprint density at radius 1 is 1.03 bits per heavy atom. The van der Waals surface area contributed by atoms with E-state index in [0.717, 1.165) is 16.2 Å². The van der Waals surface area contributed by atoms with Crippen LogP contribution in [0.25, 0.3) is 0 Å². The van der Waals surface area contributed by atoms with Gasteiger partial charge in [0.15, 0.2) is 6.61 Å². The van der Waals surface area contributed by atoms with Crippen molar-refractivity contribution in [1.82, 2.24) is 4.90 Å². The van der Waals surface area contributed by atoms with Crippen LogP contribution in [0.1, 0.15) is 42.9 Å². The maximum Gasteiger partial charge on any atom is 0.341 e. The van der Waals surface area contributed by atoms with E-state index in [9.17, 15) is 19.2 Å². The fraction of sp³-hybridized carbons (Fsp3) is 0.167. The average Bonchev–Trinajstić information content (AvgIpc) is 3.33. The van der Waals surface area contributed by atoms with Gasteiger partial charge in [-0.2, -0.15) is 0 Å². The number of anilines is 1. The molecule has 1 aromatic heterocycles. The van der Waals surface area contributed by atoms with Crippen molar-refractivity contribution in [3.8, 4) is 5.75 Å². The molecule has 0 saturated heterocycles. The van der Waals surface area contributed by atoms with Crippen LogP contribution in [0.4, 0.5) is 5.00 Å². The molecule has 0 fully saturated rings. The molecular weight excluding hydrogens is 515 g/mol. The van der Waals surface area contributed by atoms with E-state index in [4.69, 9.17) is 32.7 Å². The highest BCUT2D eigenvalue weighted by Crippen LogP contribution is 2.33. The summed E-state index contributed by atoms with van der Waals surface area (Å²) in [6, 6.07) is 12.6. The predicted molar refractivity (Wildman–Crippen MR) is 132 cm³/mol. The smallest absolute Gasteiger partial charge is 0.341 e. The number of carbonyl (C=O) groups is 4. The third kappa shape index (κ3) is 5.32. The number of amides is 3. The topological polar surface area (TPSA) is 102 Å². The number of ether oxygens (including phenoxy) is 2. The normalized spacial score (nSPS) is 12.5. The number of carbonyl (C=O) groups excluding carboxylic acids is 4. The Morgan fingerprint density at radius 3 is 2.34 bits per heavy atom. The van der Waals surface area contributed by atoms with Crippen LogP contribution in [0.3, 0.4) is 0 Å². The second-order valence-corrected chi connectivity index (χ2v) is 9.31. The highest BCUT2D eigenvalue weighted by Gasteiger charge is 2.35. The van der Waals surface area contributed by atoms with E-state index >= 15 is 0 Å². The number of esters is 1. The molecule has 2 aromatic carbocycles. The van der Waals surface area contributed by atoms with Gasteiger partial charge in [0.2, 0.25) is 0 Å². The van der Waals surface area contributed by atoms with E-state index < -0.39 is 23.7 Å². The monoisotopic (exact) mass is 532 g/mol. The Kier molecular flexibility index (Phi) is 7.39. The first-order valence-corrected chi connectivity index (χ1v) is 12.0. The van der Waals surface area contributed by atoms with Gasteiger partial charge in [-0.1, -0.05) is 35.3 Å². The minimum atomic E-state index is -0.644. The Bertz CT molecular complexity index is 1300. The van der Waals surface area contributed by atoms with Gasteiger partial charge in [0, 0.05) is 9.90 Å². The molecule has 11 heteroatoms. The van der Waals surface area contributed by atoms with Crippen LogP contribution < -0.4 is 10.1 Å². The molecule has 4 rings (SSSR count). The lowest BCUT2D eigenvalue weighted by Gasteiger charge is -2.12. The third-order valence-corrected chi connectivity index (χ3v) is 6.54. The van der Waals surface area contributed by atoms with Gasteiger partial charge in [0.1, 0.15) is 10.8 Å². The summed E-state index contributed by atoms with van der Waals surface area (Å²) in [5.74, 6) is -1.76. The summed E-state index contributed by atoms with van der Waals surface area (Å²) in [7, 11) is 0. The fourth-order valence-electron chi connectivity index (χ4n) is 3.41. The largest absolute Gasteiger partial charge is 0.482 e. The van der Waals surface area contributed by atoms with Gasteiger partial charge in [-0.05, 0) is 43.3 Å². The second-order valence-electron chi connectivity index (χ2n) is 7.33. The van der Waals surface area contributed by atoms with E-state index in [1.54, 1.807) is 37.3 Å². The first-order chi connectivity index (χ1) is 16.8. The van der Waals surface area contributed by atoms with Gasteiger partial charge in [0.05, 0.1) is 34.9 Å². The van der Waals surface area contributed by atoms with Gasteiger partial charge >= 0.3 is 5.97 Å². The lowest BCUT2D eigenvalue weighted by molar-refractivity contribution is -0.118. The van der Waals surface area contributed by atoms with E-state index in [1.807, 2.05) is 0 Å². The number of imide groups is 1. The summed E-state index contributed by atoms with van der Waals surface area (Å²) in [4.78, 5) is 52.0. The van der Waals surface area contributed by atoms with Gasteiger partial charge in [0.25, 0.3) is 17.7 Å². The third-order valence-electron chi connectivity index (χ3n) is 4.98. The number of hydrogen-bond donors (Lipinski definition) is 1. The number of benzene rings is 2. The van der Waals surface area contributed by atoms with Crippen molar-refractivity contribution in [2.75, 3.05) is 18.5 Å². The minimum absolute atomic E-state index is 0.0594. The summed E-state index contributed by atoms with van der Waals surface area (Å²) >= 11 is 13.0. The van der Waals surface area contributed by atoms with E-state index in [-0.39, 0.29) is 41.1 Å². The molecule has 0 unspecified atom stereocenters. The number of halogens is 2. The second kappa shape index (κ2) is 10.5. The van der Waals surface area contributed by atoms with Crippen LogP contribution in [-0.4, -0.2) is 41.8 Å². The zero-order valence-corrected chi connectivity index (χ0v) is 20.6. The Balaban J connectivity index is 1.50. The van der Waals surface area contributed by atoms with Gasteiger partial charge in [-0.3, -0.25) is 19.3 Å². The standard InChI is InChI=1S/C24H18Cl2N2O6S/c1-2-33-24(32)17-10-14(11-28-22(30)15-5-3-4-6-16(15)23(28)31)35-21(17)27-20(29)12-34-19-8-7-13(25)9-18(19)26/h3-10H,2,11-12H2,1H3,(H,27,29). The highest BCUT2D eigenvalue weighted by molar-refractivity contribution is 7.16. The molecule has 3 aromatic rings. The molecule has 0 atom stereocenters. The average molecular weight is 533 g/mol. The summed E-state index contributed by atoms with van der Waals surface area (Å²) in [6.07, 6.45) is 0. The SMILES string of the molecule is CCOC(=O)c1cc(CN2C(=O)c3ccccc3C2=O)sc1NC(=O)COc1ccc(Cl)cc1Cl. The molecule has 1 aliphatic heterocycles. The number of fused-ring (bicyclic) bond motifs is 1. The van der Waals surface area contributed by atoms with Crippen molar-refractivity contribution in [2.24, 2.45) is 0 Å². The van der Waals surface area contributed by atoms with Gasteiger partial charge in [-0.15, -0.1) is 11.3 Å². The maximum atomic E-state index is 12.7. The molecule has 0 saturated carbocycles. The number of thiophene rings is 1. The first kappa shape index (κ1) is 24.7. The van der Waals surface area contributed by atoms with Crippen molar-refractivity contribution >= 4 is 63.2 Å². The van der Waals surface area contributed by atoms with Crippen molar-refractivity contribution in [3.63, 3.8) is 0 Å². The highest BCUT2D eigenvalue weighted by atomic mass is 35.5. The zero-order chi connectivity index (χ0) is 25.1. The van der Waals surface area contributed by atoms with Gasteiger partial charge in [-0.25, -0.2) is 4.79 Å². The summed E-state index contributed by atoms with van der Waals surface area (Å²) < 4.78 is 10.5. The molecule has 2 heterocycles. The van der Waals surface area contributed by atoms with Crippen LogP contribution in [0.15, 0.2) is 48.5 Å². The zero-order valence-electron chi connectivity index (χ0n) is 18.3. The van der Waals surface area contributed by atoms with Crippen LogP contribution in [0, 0.1) is 0 Å². The fourth-order valence-corrected chi connectivity index (χ4v) is 4.92. The molecule has 0 bridgehead atoms. The van der Waals surface area contributed by atoms with Crippen LogP contribution in [0.2, 0.25) is 10.0 Å². The number of nitrogens with one attached hydrogen (secondary N) is 1. The number of hydrogen-bond acceptors (Lipinski definition) is 7. The Hall–Kier alpha value is -3.40. The van der Waals surface area contributed by atoms with E-state index in [2.05, 4.69) is 5.32 Å². The lowest BCUT2D eigenvalue weighted by atomic mass is 10.1. The van der Waals surface area contributed by atoms with Crippen LogP contribution in [0.5, 0.6) is 5.75 Å². The molecule has 3 amide bonds. The first-order valence-electron chi connectivity index (χ1n) is 10.4. The van der Waals surface area contributed by atoms with Crippen molar-refractivity contribution in [3.05, 3.63) is 80.1 Å². The number of rotatable bonds is 8. The molecule has 0 aliphatic carbocycles. The summed E-state index contributed by atoms with van der Waals surface area (Å²) in [5.41, 5.74) is 0.763. The summed E-state index contributed by atoms with van der Waals surface area (Å²) in [6.45, 7) is 1.35. The van der Waals surface area contributed by atoms with Crippen LogP contribution in [-0.2, 0) is 16.1 Å². The van der Waals surface area contributed by atoms with Crippen LogP contribution >= 0.6 is 34.5 Å². The molecule has 8 nitrogen and oxygen atoms in total. The molecule has 180 valence electrons. The Morgan fingerprint density at radius 2 is 1.71 bits per heavy atom. The van der Waals surface area contributed by atoms with E-state index in [0.29, 0.717) is 21.0 Å². The lowest BCUT2D eigenvalue weighted by Crippen LogP contribution is -2.28. The molecule has 0 radical (unpaired) electrons. The Labute approximate surface area is 214 Å². The quantitative estimate of drug-likeness (QED) is 0.322. The maximum absolute atomic E-state index is 12.7. The molecule has 0 spiro atoms. The van der Waals surface area contributed by atoms with Gasteiger partial charge < -0.3 is 14.8 Å². The summed E-state index contributed by atoms with van der Waals surface area (Å²) in [5, 5.41) is 3.52.